The number of amides is 1. The van der Waals surface area contributed by atoms with E-state index in [4.69, 9.17) is 5.11 Å². The molecule has 0 bridgehead atoms. The summed E-state index contributed by atoms with van der Waals surface area (Å²) in [7, 11) is 0. The predicted molar refractivity (Wildman–Crippen MR) is 47.9 cm³/mol. The highest BCUT2D eigenvalue weighted by Gasteiger charge is 2.75. The lowest BCUT2D eigenvalue weighted by Gasteiger charge is -2.12. The van der Waals surface area contributed by atoms with Gasteiger partial charge in [0.15, 0.2) is 0 Å². The van der Waals surface area contributed by atoms with Crippen LogP contribution in [0, 0.1) is 5.41 Å². The molecule has 2 N–H and O–H groups in total. The van der Waals surface area contributed by atoms with Crippen LogP contribution < -0.4 is 5.32 Å². The van der Waals surface area contributed by atoms with Crippen molar-refractivity contribution >= 4 is 11.9 Å². The minimum absolute atomic E-state index is 0.260. The van der Waals surface area contributed by atoms with Gasteiger partial charge in [0.2, 0.25) is 0 Å². The van der Waals surface area contributed by atoms with Gasteiger partial charge in [0.25, 0.3) is 5.92 Å². The molecule has 1 fully saturated rings. The fourth-order valence-electron chi connectivity index (χ4n) is 1.64. The summed E-state index contributed by atoms with van der Waals surface area (Å²) in [5, 5.41) is 10.1. The average molecular weight is 275 g/mol. The van der Waals surface area contributed by atoms with Gasteiger partial charge in [0, 0.05) is 13.0 Å². The first-order valence-electron chi connectivity index (χ1n) is 4.99. The zero-order chi connectivity index (χ0) is 14.2. The van der Waals surface area contributed by atoms with Crippen molar-refractivity contribution in [1.82, 2.24) is 5.32 Å². The zero-order valence-electron chi connectivity index (χ0n) is 8.98. The molecule has 0 saturated heterocycles. The number of halogens is 5. The van der Waals surface area contributed by atoms with Crippen molar-refractivity contribution in [2.45, 2.75) is 31.4 Å². The van der Waals surface area contributed by atoms with E-state index in [-0.39, 0.29) is 6.42 Å². The van der Waals surface area contributed by atoms with E-state index in [0.29, 0.717) is 0 Å². The van der Waals surface area contributed by atoms with Crippen molar-refractivity contribution < 1.29 is 36.6 Å². The molecule has 104 valence electrons. The van der Waals surface area contributed by atoms with E-state index in [0.717, 1.165) is 0 Å². The van der Waals surface area contributed by atoms with Crippen LogP contribution in [0.4, 0.5) is 22.0 Å². The second-order valence-corrected chi connectivity index (χ2v) is 4.13. The highest BCUT2D eigenvalue weighted by Crippen LogP contribution is 2.63. The van der Waals surface area contributed by atoms with E-state index in [1.165, 1.54) is 5.32 Å². The molecule has 0 aromatic carbocycles. The molecular formula is C9H10F5NO3. The molecule has 0 heterocycles. The molecule has 1 amide bonds. The van der Waals surface area contributed by atoms with Crippen molar-refractivity contribution in [3.8, 4) is 0 Å². The predicted octanol–water partition coefficient (Wildman–Crippen LogP) is 1.56. The number of hydrogen-bond acceptors (Lipinski definition) is 2. The van der Waals surface area contributed by atoms with E-state index in [1.807, 2.05) is 0 Å². The molecule has 0 aliphatic heterocycles. The number of alkyl halides is 5. The minimum atomic E-state index is -5.03. The van der Waals surface area contributed by atoms with Crippen LogP contribution in [0.2, 0.25) is 0 Å². The third-order valence-electron chi connectivity index (χ3n) is 2.83. The number of carbonyl (C=O) groups is 2. The Morgan fingerprint density at radius 3 is 2.11 bits per heavy atom. The van der Waals surface area contributed by atoms with Gasteiger partial charge in [-0.2, -0.15) is 13.2 Å². The van der Waals surface area contributed by atoms with Gasteiger partial charge in [-0.05, 0) is 12.8 Å². The van der Waals surface area contributed by atoms with Gasteiger partial charge in [0.05, 0.1) is 0 Å². The molecular weight excluding hydrogens is 265 g/mol. The Hall–Kier alpha value is -1.41. The quantitative estimate of drug-likeness (QED) is 0.591. The lowest BCUT2D eigenvalue weighted by molar-refractivity contribution is -0.173. The summed E-state index contributed by atoms with van der Waals surface area (Å²) in [5.74, 6) is -7.17. The first-order valence-corrected chi connectivity index (χ1v) is 4.99. The Kier molecular flexibility index (Phi) is 3.55. The number of nitrogens with one attached hydrogen (secondary N) is 1. The van der Waals surface area contributed by atoms with Gasteiger partial charge in [-0.25, -0.2) is 8.78 Å². The van der Waals surface area contributed by atoms with Crippen LogP contribution in [0.1, 0.15) is 19.3 Å². The Balaban J connectivity index is 2.35. The highest BCUT2D eigenvalue weighted by molar-refractivity contribution is 5.81. The lowest BCUT2D eigenvalue weighted by Crippen LogP contribution is -2.37. The molecule has 1 atom stereocenters. The Labute approximate surface area is 98.1 Å². The van der Waals surface area contributed by atoms with Crippen molar-refractivity contribution in [3.05, 3.63) is 0 Å². The first kappa shape index (κ1) is 14.7. The van der Waals surface area contributed by atoms with Crippen LogP contribution in [0.15, 0.2) is 0 Å². The second kappa shape index (κ2) is 4.36. The maximum absolute atomic E-state index is 12.8. The lowest BCUT2D eigenvalue weighted by atomic mass is 10.00. The Morgan fingerprint density at radius 2 is 1.78 bits per heavy atom. The van der Waals surface area contributed by atoms with E-state index < -0.39 is 48.8 Å². The van der Waals surface area contributed by atoms with Crippen molar-refractivity contribution in [3.63, 3.8) is 0 Å². The third-order valence-corrected chi connectivity index (χ3v) is 2.83. The average Bonchev–Trinajstić information content (AvgIpc) is 2.75. The van der Waals surface area contributed by atoms with Crippen LogP contribution >= 0.6 is 0 Å². The molecule has 18 heavy (non-hydrogen) atoms. The fourth-order valence-corrected chi connectivity index (χ4v) is 1.64. The van der Waals surface area contributed by atoms with Crippen molar-refractivity contribution in [2.75, 3.05) is 6.54 Å². The number of carboxylic acid groups (broad SMARTS) is 1. The first-order chi connectivity index (χ1) is 8.03. The molecule has 0 spiro atoms. The normalized spacial score (nSPS) is 25.6. The third kappa shape index (κ3) is 2.70. The van der Waals surface area contributed by atoms with Crippen LogP contribution in [0.25, 0.3) is 0 Å². The monoisotopic (exact) mass is 275 g/mol. The largest absolute Gasteiger partial charge is 0.481 e. The van der Waals surface area contributed by atoms with Crippen molar-refractivity contribution in [2.24, 2.45) is 5.41 Å². The molecule has 1 aliphatic carbocycles. The van der Waals surface area contributed by atoms with E-state index in [2.05, 4.69) is 0 Å². The molecule has 4 nitrogen and oxygen atoms in total. The maximum Gasteiger partial charge on any atom is 0.471 e. The SMILES string of the molecule is O=C(NCCCC1(C(=O)O)CC1(F)F)C(F)(F)F. The van der Waals surface area contributed by atoms with Crippen LogP contribution in [0.5, 0.6) is 0 Å². The smallest absolute Gasteiger partial charge is 0.471 e. The molecule has 1 saturated carbocycles. The number of carboxylic acids is 1. The number of carbonyl (C=O) groups excluding carboxylic acids is 1. The summed E-state index contributed by atoms with van der Waals surface area (Å²) in [6, 6.07) is 0. The summed E-state index contributed by atoms with van der Waals surface area (Å²) in [5.41, 5.74) is -2.18. The van der Waals surface area contributed by atoms with Gasteiger partial charge < -0.3 is 10.4 Å². The van der Waals surface area contributed by atoms with Gasteiger partial charge in [0.1, 0.15) is 5.41 Å². The molecule has 0 aromatic heterocycles. The maximum atomic E-state index is 12.8. The zero-order valence-corrected chi connectivity index (χ0v) is 8.98. The molecule has 1 aliphatic rings. The summed E-state index contributed by atoms with van der Waals surface area (Å²) < 4.78 is 60.9. The number of hydrogen-bond donors (Lipinski definition) is 2. The molecule has 1 rings (SSSR count). The number of rotatable bonds is 5. The van der Waals surface area contributed by atoms with Crippen LogP contribution in [-0.4, -0.2) is 35.6 Å². The van der Waals surface area contributed by atoms with Gasteiger partial charge in [-0.15, -0.1) is 0 Å². The Morgan fingerprint density at radius 1 is 1.28 bits per heavy atom. The van der Waals surface area contributed by atoms with E-state index in [9.17, 15) is 31.5 Å². The van der Waals surface area contributed by atoms with Crippen LogP contribution in [-0.2, 0) is 9.59 Å². The topological polar surface area (TPSA) is 66.4 Å². The molecule has 1 unspecified atom stereocenters. The minimum Gasteiger partial charge on any atom is -0.481 e. The van der Waals surface area contributed by atoms with Gasteiger partial charge >= 0.3 is 18.1 Å². The molecule has 0 aromatic rings. The molecule has 0 radical (unpaired) electrons. The molecule has 9 heteroatoms. The van der Waals surface area contributed by atoms with E-state index >= 15 is 0 Å². The van der Waals surface area contributed by atoms with Gasteiger partial charge in [-0.1, -0.05) is 0 Å². The summed E-state index contributed by atoms with van der Waals surface area (Å²) in [6.07, 6.45) is -6.59. The van der Waals surface area contributed by atoms with E-state index in [1.54, 1.807) is 0 Å². The highest BCUT2D eigenvalue weighted by atomic mass is 19.4. The fraction of sp³-hybridized carbons (Fsp3) is 0.778. The van der Waals surface area contributed by atoms with Crippen LogP contribution in [0.3, 0.4) is 0 Å². The number of aliphatic carboxylic acids is 1. The summed E-state index contributed by atoms with van der Waals surface area (Å²) >= 11 is 0. The summed E-state index contributed by atoms with van der Waals surface area (Å²) in [4.78, 5) is 21.0. The second-order valence-electron chi connectivity index (χ2n) is 4.13. The standard InChI is InChI=1S/C9H10F5NO3/c10-8(11)4-7(8,6(17)18)2-1-3-15-5(16)9(12,13)14/h1-4H2,(H,15,16)(H,17,18). The van der Waals surface area contributed by atoms with Crippen molar-refractivity contribution in [1.29, 1.82) is 0 Å². The Bertz CT molecular complexity index is 368. The summed E-state index contributed by atoms with van der Waals surface area (Å²) in [6.45, 7) is -0.497. The van der Waals surface area contributed by atoms with Gasteiger partial charge in [-0.3, -0.25) is 9.59 Å².